The van der Waals surface area contributed by atoms with Gasteiger partial charge in [0.2, 0.25) is 5.91 Å². The van der Waals surface area contributed by atoms with Crippen LogP contribution in [-0.2, 0) is 11.2 Å². The van der Waals surface area contributed by atoms with Crippen LogP contribution in [0.4, 0.5) is 0 Å². The fourth-order valence-electron chi connectivity index (χ4n) is 1.65. The van der Waals surface area contributed by atoms with Crippen molar-refractivity contribution in [3.63, 3.8) is 0 Å². The van der Waals surface area contributed by atoms with Gasteiger partial charge < -0.3 is 10.6 Å². The van der Waals surface area contributed by atoms with E-state index in [9.17, 15) is 4.79 Å². The summed E-state index contributed by atoms with van der Waals surface area (Å²) in [5.41, 5.74) is 1.06. The van der Waals surface area contributed by atoms with E-state index in [1.807, 2.05) is 12.3 Å². The molecule has 0 radical (unpaired) electrons. The highest BCUT2D eigenvalue weighted by atomic mass is 32.1. The highest BCUT2D eigenvalue weighted by Crippen LogP contribution is 2.09. The molecule has 1 fully saturated rings. The number of amides is 1. The summed E-state index contributed by atoms with van der Waals surface area (Å²) in [6.45, 7) is 4.66. The molecule has 1 aliphatic rings. The minimum Gasteiger partial charge on any atom is -0.356 e. The Labute approximate surface area is 99.5 Å². The van der Waals surface area contributed by atoms with E-state index in [0.29, 0.717) is 18.9 Å². The van der Waals surface area contributed by atoms with Crippen molar-refractivity contribution in [2.24, 2.45) is 5.92 Å². The number of carbonyl (C=O) groups excluding carboxylic acids is 1. The molecule has 0 unspecified atom stereocenters. The van der Waals surface area contributed by atoms with Gasteiger partial charge in [-0.25, -0.2) is 4.98 Å². The molecule has 1 aromatic heterocycles. The Morgan fingerprint density at radius 1 is 1.69 bits per heavy atom. The van der Waals surface area contributed by atoms with Crippen molar-refractivity contribution in [1.29, 1.82) is 0 Å². The van der Waals surface area contributed by atoms with Crippen LogP contribution in [-0.4, -0.2) is 30.5 Å². The number of nitrogens with one attached hydrogen (secondary N) is 2. The van der Waals surface area contributed by atoms with Crippen molar-refractivity contribution in [1.82, 2.24) is 15.6 Å². The predicted octanol–water partition coefficient (Wildman–Crippen LogP) is 0.720. The third-order valence-corrected chi connectivity index (χ3v) is 3.69. The van der Waals surface area contributed by atoms with Gasteiger partial charge in [0.1, 0.15) is 0 Å². The number of aromatic nitrogens is 1. The summed E-state index contributed by atoms with van der Waals surface area (Å²) in [7, 11) is 0. The van der Waals surface area contributed by atoms with Gasteiger partial charge in [0.15, 0.2) is 0 Å². The minimum atomic E-state index is 0.166. The van der Waals surface area contributed by atoms with Crippen molar-refractivity contribution in [3.05, 3.63) is 16.1 Å². The lowest BCUT2D eigenvalue weighted by Gasteiger charge is -2.26. The normalized spacial score (nSPS) is 15.8. The molecule has 2 heterocycles. The van der Waals surface area contributed by atoms with E-state index in [2.05, 4.69) is 15.6 Å². The van der Waals surface area contributed by atoms with E-state index in [1.54, 1.807) is 11.3 Å². The monoisotopic (exact) mass is 239 g/mol. The molecule has 1 amide bonds. The molecule has 1 saturated heterocycles. The van der Waals surface area contributed by atoms with E-state index < -0.39 is 0 Å². The molecular weight excluding hydrogens is 222 g/mol. The lowest BCUT2D eigenvalue weighted by Crippen LogP contribution is -2.44. The molecule has 1 aliphatic heterocycles. The van der Waals surface area contributed by atoms with Crippen LogP contribution in [0.3, 0.4) is 0 Å². The Morgan fingerprint density at radius 3 is 3.06 bits per heavy atom. The van der Waals surface area contributed by atoms with Crippen LogP contribution in [0.5, 0.6) is 0 Å². The fourth-order valence-corrected chi connectivity index (χ4v) is 2.43. The highest BCUT2D eigenvalue weighted by Gasteiger charge is 2.19. The number of aryl methyl sites for hydroxylation is 1. The van der Waals surface area contributed by atoms with Crippen LogP contribution >= 0.6 is 11.3 Å². The Bertz CT molecular complexity index is 360. The average Bonchev–Trinajstić information content (AvgIpc) is 2.58. The standard InChI is InChI=1S/C11H17N3OS/c1-8-7-16-11(14-8)2-3-13-10(15)4-9-5-12-6-9/h7,9,12H,2-6H2,1H3,(H,13,15). The quantitative estimate of drug-likeness (QED) is 0.796. The first kappa shape index (κ1) is 11.5. The van der Waals surface area contributed by atoms with Crippen LogP contribution < -0.4 is 10.6 Å². The first-order chi connectivity index (χ1) is 7.74. The Kier molecular flexibility index (Phi) is 3.90. The van der Waals surface area contributed by atoms with E-state index in [4.69, 9.17) is 0 Å². The summed E-state index contributed by atoms with van der Waals surface area (Å²) in [5.74, 6) is 0.710. The van der Waals surface area contributed by atoms with Gasteiger partial charge in [-0.3, -0.25) is 4.79 Å². The summed E-state index contributed by atoms with van der Waals surface area (Å²) in [5, 5.41) is 9.24. The SMILES string of the molecule is Cc1csc(CCNC(=O)CC2CNC2)n1. The first-order valence-electron chi connectivity index (χ1n) is 5.62. The summed E-state index contributed by atoms with van der Waals surface area (Å²) >= 11 is 1.66. The maximum atomic E-state index is 11.5. The molecule has 0 saturated carbocycles. The highest BCUT2D eigenvalue weighted by molar-refractivity contribution is 7.09. The van der Waals surface area contributed by atoms with Crippen molar-refractivity contribution in [3.8, 4) is 0 Å². The average molecular weight is 239 g/mol. The third kappa shape index (κ3) is 3.28. The van der Waals surface area contributed by atoms with Crippen molar-refractivity contribution in [2.45, 2.75) is 19.8 Å². The number of hydrogen-bond donors (Lipinski definition) is 2. The molecule has 1 aromatic rings. The Hall–Kier alpha value is -0.940. The number of rotatable bonds is 5. The molecule has 88 valence electrons. The van der Waals surface area contributed by atoms with Gasteiger partial charge in [0.05, 0.1) is 5.01 Å². The molecule has 16 heavy (non-hydrogen) atoms. The van der Waals surface area contributed by atoms with E-state index >= 15 is 0 Å². The van der Waals surface area contributed by atoms with Crippen molar-refractivity contribution in [2.75, 3.05) is 19.6 Å². The molecule has 0 bridgehead atoms. The number of thiazole rings is 1. The lowest BCUT2D eigenvalue weighted by molar-refractivity contribution is -0.122. The van der Waals surface area contributed by atoms with Crippen LogP contribution in [0.15, 0.2) is 5.38 Å². The maximum Gasteiger partial charge on any atom is 0.220 e. The Balaban J connectivity index is 1.61. The summed E-state index contributed by atoms with van der Waals surface area (Å²) in [4.78, 5) is 15.8. The zero-order valence-corrected chi connectivity index (χ0v) is 10.3. The van der Waals surface area contributed by atoms with Crippen molar-refractivity contribution < 1.29 is 4.79 Å². The maximum absolute atomic E-state index is 11.5. The fraction of sp³-hybridized carbons (Fsp3) is 0.636. The minimum absolute atomic E-state index is 0.166. The smallest absolute Gasteiger partial charge is 0.220 e. The van der Waals surface area contributed by atoms with Gasteiger partial charge in [-0.1, -0.05) is 0 Å². The molecule has 0 aromatic carbocycles. The van der Waals surface area contributed by atoms with Crippen molar-refractivity contribution >= 4 is 17.2 Å². The lowest BCUT2D eigenvalue weighted by atomic mass is 9.99. The van der Waals surface area contributed by atoms with Crippen LogP contribution in [0.1, 0.15) is 17.1 Å². The van der Waals surface area contributed by atoms with Gasteiger partial charge in [-0.05, 0) is 25.9 Å². The van der Waals surface area contributed by atoms with Crippen LogP contribution in [0, 0.1) is 12.8 Å². The summed E-state index contributed by atoms with van der Waals surface area (Å²) in [6, 6.07) is 0. The number of nitrogens with zero attached hydrogens (tertiary/aromatic N) is 1. The summed E-state index contributed by atoms with van der Waals surface area (Å²) < 4.78 is 0. The van der Waals surface area contributed by atoms with Gasteiger partial charge in [-0.15, -0.1) is 11.3 Å². The van der Waals surface area contributed by atoms with E-state index in [0.717, 1.165) is 30.2 Å². The predicted molar refractivity (Wildman–Crippen MR) is 64.5 cm³/mol. The molecular formula is C11H17N3OS. The Morgan fingerprint density at radius 2 is 2.50 bits per heavy atom. The molecule has 2 N–H and O–H groups in total. The van der Waals surface area contributed by atoms with Gasteiger partial charge in [-0.2, -0.15) is 0 Å². The van der Waals surface area contributed by atoms with E-state index in [-0.39, 0.29) is 5.91 Å². The second kappa shape index (κ2) is 5.41. The van der Waals surface area contributed by atoms with Crippen LogP contribution in [0.25, 0.3) is 0 Å². The zero-order chi connectivity index (χ0) is 11.4. The van der Waals surface area contributed by atoms with E-state index in [1.165, 1.54) is 0 Å². The summed E-state index contributed by atoms with van der Waals surface area (Å²) in [6.07, 6.45) is 1.50. The molecule has 0 aliphatic carbocycles. The second-order valence-corrected chi connectivity index (χ2v) is 5.15. The van der Waals surface area contributed by atoms with Gasteiger partial charge in [0.25, 0.3) is 0 Å². The first-order valence-corrected chi connectivity index (χ1v) is 6.50. The third-order valence-electron chi connectivity index (χ3n) is 2.67. The molecule has 4 nitrogen and oxygen atoms in total. The number of hydrogen-bond acceptors (Lipinski definition) is 4. The second-order valence-electron chi connectivity index (χ2n) is 4.21. The van der Waals surface area contributed by atoms with Gasteiger partial charge in [0, 0.05) is 30.5 Å². The molecule has 0 spiro atoms. The zero-order valence-electron chi connectivity index (χ0n) is 9.45. The topological polar surface area (TPSA) is 54.0 Å². The van der Waals surface area contributed by atoms with Crippen LogP contribution in [0.2, 0.25) is 0 Å². The molecule has 2 rings (SSSR count). The molecule has 5 heteroatoms. The molecule has 0 atom stereocenters. The largest absolute Gasteiger partial charge is 0.356 e. The number of carbonyl (C=O) groups is 1. The van der Waals surface area contributed by atoms with Gasteiger partial charge >= 0.3 is 0 Å².